The van der Waals surface area contributed by atoms with E-state index in [1.54, 1.807) is 0 Å². The van der Waals surface area contributed by atoms with Crippen LogP contribution < -0.4 is 0 Å². The van der Waals surface area contributed by atoms with Gasteiger partial charge in [0.05, 0.1) is 0 Å². The Hall–Kier alpha value is -0.420. The van der Waals surface area contributed by atoms with Gasteiger partial charge in [0, 0.05) is 0 Å². The van der Waals surface area contributed by atoms with Gasteiger partial charge in [-0.1, -0.05) is 116 Å². The van der Waals surface area contributed by atoms with Crippen molar-refractivity contribution in [1.82, 2.24) is 0 Å². The molecule has 6 fully saturated rings. The SMILES string of the molecule is O=C=C=P(C1CCCCC1)(C1CCCCC1)C1CCCCC1.O=C=C=P(C1CCCCC1)(C1CCCCC1)C1CCCCC1. The highest BCUT2D eigenvalue weighted by molar-refractivity contribution is 7.77. The normalized spacial score (nSPS) is 26.4. The molecule has 0 atom stereocenters. The fourth-order valence-electron chi connectivity index (χ4n) is 11.5. The molecule has 6 rings (SSSR count). The third kappa shape index (κ3) is 8.16. The van der Waals surface area contributed by atoms with Gasteiger partial charge in [-0.25, -0.2) is 9.59 Å². The third-order valence-electron chi connectivity index (χ3n) is 13.6. The fourth-order valence-corrected chi connectivity index (χ4v) is 23.9. The maximum Gasteiger partial charge on any atom is 0.176 e. The first-order chi connectivity index (χ1) is 21.8. The van der Waals surface area contributed by atoms with E-state index in [2.05, 4.69) is 22.8 Å². The van der Waals surface area contributed by atoms with Gasteiger partial charge in [0.15, 0.2) is 11.9 Å². The quantitative estimate of drug-likeness (QED) is 0.214. The lowest BCUT2D eigenvalue weighted by molar-refractivity contribution is 0.458. The number of hydrogen-bond acceptors (Lipinski definition) is 2. The predicted octanol–water partition coefficient (Wildman–Crippen LogP) is 11.6. The van der Waals surface area contributed by atoms with Crippen molar-refractivity contribution in [2.75, 3.05) is 0 Å². The molecule has 0 heterocycles. The number of carbonyl (C=O) groups excluding carboxylic acids is 2. The van der Waals surface area contributed by atoms with E-state index in [1.165, 1.54) is 193 Å². The van der Waals surface area contributed by atoms with Gasteiger partial charge >= 0.3 is 0 Å². The second kappa shape index (κ2) is 18.2. The Morgan fingerprint density at radius 2 is 0.432 bits per heavy atom. The maximum absolute atomic E-state index is 11.5. The summed E-state index contributed by atoms with van der Waals surface area (Å²) in [6.07, 6.45) is 41.8. The van der Waals surface area contributed by atoms with Crippen molar-refractivity contribution in [2.45, 2.75) is 227 Å². The molecule has 0 aliphatic heterocycles. The zero-order valence-electron chi connectivity index (χ0n) is 28.4. The second-order valence-electron chi connectivity index (χ2n) is 15.8. The number of hydrogen-bond donors (Lipinski definition) is 0. The summed E-state index contributed by atoms with van der Waals surface area (Å²) in [4.78, 5) is 23.1. The summed E-state index contributed by atoms with van der Waals surface area (Å²) in [5.41, 5.74) is 12.0. The summed E-state index contributed by atoms with van der Waals surface area (Å²) in [5, 5.41) is 0. The smallest absolute Gasteiger partial charge is 0.176 e. The lowest BCUT2D eigenvalue weighted by Crippen LogP contribution is -2.32. The van der Waals surface area contributed by atoms with Crippen molar-refractivity contribution in [3.63, 3.8) is 0 Å². The molecule has 44 heavy (non-hydrogen) atoms. The number of rotatable bonds is 6. The lowest BCUT2D eigenvalue weighted by Gasteiger charge is -2.48. The van der Waals surface area contributed by atoms with Gasteiger partial charge in [-0.05, 0) is 136 Å². The van der Waals surface area contributed by atoms with Gasteiger partial charge in [0.1, 0.15) is 0 Å². The van der Waals surface area contributed by atoms with Gasteiger partial charge < -0.3 is 0 Å². The van der Waals surface area contributed by atoms with Crippen LogP contribution in [0.2, 0.25) is 0 Å². The maximum atomic E-state index is 11.5. The first kappa shape index (κ1) is 34.9. The molecule has 0 unspecified atom stereocenters. The minimum atomic E-state index is -1.40. The zero-order valence-corrected chi connectivity index (χ0v) is 30.2. The van der Waals surface area contributed by atoms with Crippen LogP contribution in [0.25, 0.3) is 0 Å². The summed E-state index contributed by atoms with van der Waals surface area (Å²) >= 11 is 0. The van der Waals surface area contributed by atoms with E-state index in [0.717, 1.165) is 34.0 Å². The predicted molar refractivity (Wildman–Crippen MR) is 196 cm³/mol. The molecule has 6 aliphatic rings. The minimum Gasteiger partial charge on any atom is -0.224 e. The molecule has 0 amide bonds. The summed E-state index contributed by atoms with van der Waals surface area (Å²) in [6, 6.07) is 0. The highest BCUT2D eigenvalue weighted by atomic mass is 31.2. The van der Waals surface area contributed by atoms with Crippen molar-refractivity contribution >= 4 is 36.6 Å². The Kier molecular flexibility index (Phi) is 14.4. The van der Waals surface area contributed by atoms with E-state index in [0.29, 0.717) is 0 Å². The van der Waals surface area contributed by atoms with E-state index in [-0.39, 0.29) is 0 Å². The first-order valence-electron chi connectivity index (χ1n) is 19.8. The van der Waals surface area contributed by atoms with Crippen molar-refractivity contribution in [1.29, 1.82) is 0 Å². The summed E-state index contributed by atoms with van der Waals surface area (Å²) in [6.45, 7) is -2.79. The summed E-state index contributed by atoms with van der Waals surface area (Å²) in [5.74, 6) is 4.50. The standard InChI is InChI=1S/2C20H33OP/c2*21-16-17-22(18-10-4-1-5-11-18,19-12-6-2-7-13-19)20-14-8-3-9-15-20/h2*18-20H,1-15H2. The van der Waals surface area contributed by atoms with Crippen molar-refractivity contribution in [3.05, 3.63) is 0 Å². The van der Waals surface area contributed by atoms with Gasteiger partial charge in [-0.2, -0.15) is 0 Å². The molecule has 0 aromatic rings. The molecular weight excluding hydrogens is 574 g/mol. The molecule has 0 saturated heterocycles. The monoisotopic (exact) mass is 640 g/mol. The molecule has 0 bridgehead atoms. The van der Waals surface area contributed by atoms with Crippen LogP contribution in [0.5, 0.6) is 0 Å². The highest BCUT2D eigenvalue weighted by Gasteiger charge is 2.44. The molecule has 248 valence electrons. The van der Waals surface area contributed by atoms with Crippen LogP contribution in [0.15, 0.2) is 0 Å². The van der Waals surface area contributed by atoms with Gasteiger partial charge in [-0.3, -0.25) is 0 Å². The average molecular weight is 641 g/mol. The third-order valence-corrected chi connectivity index (χ3v) is 24.9. The largest absolute Gasteiger partial charge is 0.224 e. The Morgan fingerprint density at radius 1 is 0.273 bits per heavy atom. The molecule has 0 spiro atoms. The van der Waals surface area contributed by atoms with Crippen LogP contribution in [0.3, 0.4) is 0 Å². The molecule has 4 heteroatoms. The summed E-state index contributed by atoms with van der Waals surface area (Å²) in [7, 11) is 0. The molecular formula is C40H66O2P2. The van der Waals surface area contributed by atoms with Crippen LogP contribution in [0.1, 0.15) is 193 Å². The molecule has 0 radical (unpaired) electrons. The molecule has 0 aromatic heterocycles. The molecule has 6 aliphatic carbocycles. The van der Waals surface area contributed by atoms with Gasteiger partial charge in [0.2, 0.25) is 0 Å². The van der Waals surface area contributed by atoms with E-state index >= 15 is 0 Å². The zero-order chi connectivity index (χ0) is 30.5. The average Bonchev–Trinajstić information content (AvgIpc) is 3.12. The van der Waals surface area contributed by atoms with Crippen molar-refractivity contribution < 1.29 is 9.59 Å². The van der Waals surface area contributed by atoms with Crippen LogP contribution in [0, 0.1) is 0 Å². The molecule has 2 nitrogen and oxygen atoms in total. The first-order valence-corrected chi connectivity index (χ1v) is 23.8. The van der Waals surface area contributed by atoms with Crippen LogP contribution >= 0.6 is 13.8 Å². The fraction of sp³-hybridized carbons (Fsp3) is 0.900. The Bertz CT molecular complexity index is 888. The summed E-state index contributed by atoms with van der Waals surface area (Å²) < 4.78 is 0. The molecule has 0 N–H and O–H groups in total. The Balaban J connectivity index is 0.000000175. The van der Waals surface area contributed by atoms with Crippen LogP contribution in [0.4, 0.5) is 0 Å². The lowest BCUT2D eigenvalue weighted by atomic mass is 9.99. The Labute approximate surface area is 272 Å². The van der Waals surface area contributed by atoms with Crippen molar-refractivity contribution in [2.24, 2.45) is 0 Å². The van der Waals surface area contributed by atoms with Crippen molar-refractivity contribution in [3.8, 4) is 0 Å². The highest BCUT2D eigenvalue weighted by Crippen LogP contribution is 2.69. The van der Waals surface area contributed by atoms with E-state index in [1.807, 2.05) is 0 Å². The second-order valence-corrected chi connectivity index (χ2v) is 24.0. The van der Waals surface area contributed by atoms with Crippen LogP contribution in [-0.4, -0.2) is 56.7 Å². The molecule has 0 aromatic carbocycles. The van der Waals surface area contributed by atoms with Gasteiger partial charge in [-0.15, -0.1) is 0 Å². The van der Waals surface area contributed by atoms with E-state index in [4.69, 9.17) is 0 Å². The van der Waals surface area contributed by atoms with E-state index < -0.39 is 13.8 Å². The molecule has 6 saturated carbocycles. The minimum absolute atomic E-state index is 0.828. The Morgan fingerprint density at radius 3 is 0.568 bits per heavy atom. The topological polar surface area (TPSA) is 34.1 Å². The van der Waals surface area contributed by atoms with Gasteiger partial charge in [0.25, 0.3) is 0 Å². The van der Waals surface area contributed by atoms with Crippen LogP contribution in [-0.2, 0) is 9.59 Å². The van der Waals surface area contributed by atoms with E-state index in [9.17, 15) is 9.59 Å².